The Labute approximate surface area is 151 Å². The van der Waals surface area contributed by atoms with Crippen LogP contribution < -0.4 is 0 Å². The number of ether oxygens (including phenoxy) is 2. The van der Waals surface area contributed by atoms with Gasteiger partial charge < -0.3 is 19.7 Å². The molecule has 3 unspecified atom stereocenters. The summed E-state index contributed by atoms with van der Waals surface area (Å²) >= 11 is 0. The number of hydrogen-bond acceptors (Lipinski definition) is 6. The largest absolute Gasteiger partial charge is 0.469 e. The molecule has 1 heterocycles. The van der Waals surface area contributed by atoms with Gasteiger partial charge in [0.05, 0.1) is 24.7 Å². The summed E-state index contributed by atoms with van der Waals surface area (Å²) in [6, 6.07) is 0. The minimum absolute atomic E-state index is 0.0989. The van der Waals surface area contributed by atoms with Crippen LogP contribution in [0.25, 0.3) is 0 Å². The Balaban J connectivity index is 1.78. The summed E-state index contributed by atoms with van der Waals surface area (Å²) in [6.07, 6.45) is 4.56. The summed E-state index contributed by atoms with van der Waals surface area (Å²) < 4.78 is 11.1. The summed E-state index contributed by atoms with van der Waals surface area (Å²) in [6.45, 7) is 5.78. The highest BCUT2D eigenvalue weighted by Crippen LogP contribution is 2.77. The van der Waals surface area contributed by atoms with Crippen LogP contribution in [0.15, 0.2) is 24.3 Å². The van der Waals surface area contributed by atoms with Crippen molar-refractivity contribution in [1.82, 2.24) is 0 Å². The Hall–Kier alpha value is -1.66. The number of carbonyl (C=O) groups is 2. The lowest BCUT2D eigenvalue weighted by Crippen LogP contribution is -2.50. The van der Waals surface area contributed by atoms with Crippen LogP contribution in [0.1, 0.15) is 32.6 Å². The first-order chi connectivity index (χ1) is 12.2. The van der Waals surface area contributed by atoms with Gasteiger partial charge in [-0.1, -0.05) is 12.7 Å². The molecule has 0 aromatic carbocycles. The lowest BCUT2D eigenvalue weighted by Gasteiger charge is -2.44. The number of methoxy groups -OCH3 is 1. The quantitative estimate of drug-likeness (QED) is 0.538. The summed E-state index contributed by atoms with van der Waals surface area (Å²) in [4.78, 5) is 25.8. The predicted octanol–water partition coefficient (Wildman–Crippen LogP) is 1.12. The maximum absolute atomic E-state index is 13.0. The predicted molar refractivity (Wildman–Crippen MR) is 89.6 cm³/mol. The van der Waals surface area contributed by atoms with Crippen LogP contribution in [0.3, 0.4) is 0 Å². The Bertz CT molecular complexity index is 787. The van der Waals surface area contributed by atoms with Crippen LogP contribution in [0, 0.1) is 28.6 Å². The molecule has 4 aliphatic carbocycles. The van der Waals surface area contributed by atoms with Crippen molar-refractivity contribution in [3.05, 3.63) is 24.3 Å². The van der Waals surface area contributed by atoms with Gasteiger partial charge in [-0.05, 0) is 49.7 Å². The second kappa shape index (κ2) is 4.42. The normalized spacial score (nSPS) is 56.2. The van der Waals surface area contributed by atoms with Crippen molar-refractivity contribution >= 4 is 11.9 Å². The highest BCUT2D eigenvalue weighted by atomic mass is 16.6. The van der Waals surface area contributed by atoms with Gasteiger partial charge in [0.2, 0.25) is 0 Å². The monoisotopic (exact) mass is 360 g/mol. The van der Waals surface area contributed by atoms with E-state index in [0.29, 0.717) is 25.7 Å². The summed E-state index contributed by atoms with van der Waals surface area (Å²) in [7, 11) is 1.35. The molecular weight excluding hydrogens is 336 g/mol. The standard InChI is InChI=1S/C20H24O6/c1-10-8-18-9-19(10,24)6-4-11(18)20-7-5-12(21)17(2,16(23)26-20)14(20)13(18)15(22)25-3/h5,7,11-14,21,24H,1,4,6,8-9H2,2-3H3/t11?,12-,13+,14?,17?,18-,19-,20+/m0/s1. The molecule has 5 aliphatic rings. The van der Waals surface area contributed by atoms with E-state index in [-0.39, 0.29) is 5.92 Å². The lowest BCUT2D eigenvalue weighted by atomic mass is 9.61. The van der Waals surface area contributed by atoms with Crippen LogP contribution in [0.2, 0.25) is 0 Å². The minimum Gasteiger partial charge on any atom is -0.469 e. The van der Waals surface area contributed by atoms with Crippen LogP contribution >= 0.6 is 0 Å². The Kier molecular flexibility index (Phi) is 2.81. The molecule has 1 aliphatic heterocycles. The number of hydrogen-bond donors (Lipinski definition) is 2. The maximum atomic E-state index is 13.0. The Morgan fingerprint density at radius 1 is 1.46 bits per heavy atom. The highest BCUT2D eigenvalue weighted by Gasteiger charge is 2.83. The molecule has 1 saturated heterocycles. The molecule has 0 aromatic rings. The summed E-state index contributed by atoms with van der Waals surface area (Å²) in [5, 5.41) is 21.7. The minimum atomic E-state index is -1.19. The zero-order valence-corrected chi connectivity index (χ0v) is 15.0. The van der Waals surface area contributed by atoms with Crippen molar-refractivity contribution < 1.29 is 29.3 Å². The topological polar surface area (TPSA) is 93.1 Å². The number of fused-ring (bicyclic) bond motifs is 1. The SMILES string of the molecule is C=C1C[C@]23C[C@@]1(O)CCC2[C@@]12C=C[C@H](O)C(C)(C(=O)O1)C2[C@@H]3C(=O)OC. The number of esters is 2. The van der Waals surface area contributed by atoms with Crippen LogP contribution in [-0.2, 0) is 19.1 Å². The first-order valence-corrected chi connectivity index (χ1v) is 9.25. The Morgan fingerprint density at radius 2 is 2.19 bits per heavy atom. The average Bonchev–Trinajstić information content (AvgIpc) is 3.02. The number of rotatable bonds is 1. The van der Waals surface area contributed by atoms with Crippen LogP contribution in [-0.4, -0.2) is 46.6 Å². The van der Waals surface area contributed by atoms with E-state index in [2.05, 4.69) is 6.58 Å². The molecule has 0 amide bonds. The molecule has 26 heavy (non-hydrogen) atoms. The van der Waals surface area contributed by atoms with Gasteiger partial charge in [-0.3, -0.25) is 9.59 Å². The van der Waals surface area contributed by atoms with Crippen molar-refractivity contribution in [3.8, 4) is 0 Å². The molecular formula is C20H24O6. The van der Waals surface area contributed by atoms with Gasteiger partial charge >= 0.3 is 11.9 Å². The van der Waals surface area contributed by atoms with Crippen molar-refractivity contribution in [2.45, 2.75) is 49.9 Å². The fourth-order valence-corrected chi connectivity index (χ4v) is 7.24. The van der Waals surface area contributed by atoms with E-state index in [0.717, 1.165) is 5.57 Å². The molecule has 0 aromatic heterocycles. The molecule has 140 valence electrons. The third-order valence-corrected chi connectivity index (χ3v) is 8.31. The molecule has 8 atom stereocenters. The third-order valence-electron chi connectivity index (χ3n) is 8.31. The van der Waals surface area contributed by atoms with Crippen molar-refractivity contribution in [1.29, 1.82) is 0 Å². The number of carbonyl (C=O) groups excluding carboxylic acids is 2. The van der Waals surface area contributed by atoms with Crippen molar-refractivity contribution in [3.63, 3.8) is 0 Å². The zero-order valence-electron chi connectivity index (χ0n) is 15.0. The van der Waals surface area contributed by atoms with Crippen molar-refractivity contribution in [2.75, 3.05) is 7.11 Å². The summed E-state index contributed by atoms with van der Waals surface area (Å²) in [5.41, 5.74) is -2.89. The van der Waals surface area contributed by atoms with Gasteiger partial charge in [0, 0.05) is 11.8 Å². The smallest absolute Gasteiger partial charge is 0.316 e. The third kappa shape index (κ3) is 1.43. The molecule has 4 bridgehead atoms. The van der Waals surface area contributed by atoms with E-state index in [9.17, 15) is 19.8 Å². The first kappa shape index (κ1) is 16.5. The molecule has 0 radical (unpaired) electrons. The van der Waals surface area contributed by atoms with Crippen molar-refractivity contribution in [2.24, 2.45) is 28.6 Å². The maximum Gasteiger partial charge on any atom is 0.316 e. The van der Waals surface area contributed by atoms with Gasteiger partial charge in [-0.15, -0.1) is 0 Å². The van der Waals surface area contributed by atoms with E-state index in [1.165, 1.54) is 7.11 Å². The van der Waals surface area contributed by atoms with E-state index >= 15 is 0 Å². The second-order valence-corrected chi connectivity index (χ2v) is 9.12. The molecule has 6 nitrogen and oxygen atoms in total. The van der Waals surface area contributed by atoms with Gasteiger partial charge in [-0.25, -0.2) is 0 Å². The van der Waals surface area contributed by atoms with Gasteiger partial charge in [-0.2, -0.15) is 0 Å². The van der Waals surface area contributed by atoms with E-state index in [1.807, 2.05) is 0 Å². The molecule has 6 heteroatoms. The molecule has 2 N–H and O–H groups in total. The van der Waals surface area contributed by atoms with Crippen LogP contribution in [0.4, 0.5) is 0 Å². The molecule has 5 rings (SSSR count). The van der Waals surface area contributed by atoms with Gasteiger partial charge in [0.25, 0.3) is 0 Å². The van der Waals surface area contributed by atoms with E-state index in [4.69, 9.17) is 9.47 Å². The highest BCUT2D eigenvalue weighted by molar-refractivity contribution is 5.87. The van der Waals surface area contributed by atoms with E-state index < -0.39 is 51.9 Å². The number of aliphatic hydroxyl groups excluding tert-OH is 1. The van der Waals surface area contributed by atoms with Gasteiger partial charge in [0.15, 0.2) is 0 Å². The average molecular weight is 360 g/mol. The molecule has 1 spiro atoms. The van der Waals surface area contributed by atoms with E-state index in [1.54, 1.807) is 19.1 Å². The first-order valence-electron chi connectivity index (χ1n) is 9.25. The Morgan fingerprint density at radius 3 is 2.88 bits per heavy atom. The lowest BCUT2D eigenvalue weighted by molar-refractivity contribution is -0.164. The molecule has 4 fully saturated rings. The van der Waals surface area contributed by atoms with Gasteiger partial charge in [0.1, 0.15) is 11.0 Å². The zero-order chi connectivity index (χ0) is 18.7. The van der Waals surface area contributed by atoms with Crippen LogP contribution in [0.5, 0.6) is 0 Å². The second-order valence-electron chi connectivity index (χ2n) is 9.12. The summed E-state index contributed by atoms with van der Waals surface area (Å²) in [5.74, 6) is -2.08. The number of aliphatic hydroxyl groups is 2. The fraction of sp³-hybridized carbons (Fsp3) is 0.700. The molecule has 3 saturated carbocycles. The fourth-order valence-electron chi connectivity index (χ4n) is 7.24.